The minimum Gasteiger partial charge on any atom is -0.286 e. The summed E-state index contributed by atoms with van der Waals surface area (Å²) >= 11 is 3.30. The van der Waals surface area contributed by atoms with Crippen LogP contribution in [0.25, 0.3) is 0 Å². The molecule has 4 heteroatoms. The minimum absolute atomic E-state index is 0.217. The molecule has 0 spiro atoms. The summed E-state index contributed by atoms with van der Waals surface area (Å²) < 4.78 is 0.932. The van der Waals surface area contributed by atoms with E-state index in [0.29, 0.717) is 5.06 Å². The molecule has 1 N–H and O–H groups in total. The van der Waals surface area contributed by atoms with Crippen molar-refractivity contribution in [3.05, 3.63) is 34.3 Å². The molecule has 0 bridgehead atoms. The number of hydrogen-bond acceptors (Lipinski definition) is 2. The van der Waals surface area contributed by atoms with Gasteiger partial charge < -0.3 is 0 Å². The Bertz CT molecular complexity index is 314. The van der Waals surface area contributed by atoms with Gasteiger partial charge in [-0.1, -0.05) is 28.1 Å². The maximum absolute atomic E-state index is 10.7. The number of hydrogen-bond donors (Lipinski definition) is 1. The maximum Gasteiger partial charge on any atom is 0.243 e. The van der Waals surface area contributed by atoms with Gasteiger partial charge in [0, 0.05) is 11.4 Å². The molecule has 1 aromatic carbocycles. The molecule has 13 heavy (non-hydrogen) atoms. The van der Waals surface area contributed by atoms with Gasteiger partial charge in [-0.05, 0) is 17.7 Å². The Morgan fingerprint density at radius 2 is 2.31 bits per heavy atom. The number of halogens is 1. The molecule has 0 heterocycles. The van der Waals surface area contributed by atoms with Crippen LogP contribution < -0.4 is 0 Å². The van der Waals surface area contributed by atoms with E-state index in [1.807, 2.05) is 24.3 Å². The zero-order valence-corrected chi connectivity index (χ0v) is 8.78. The van der Waals surface area contributed by atoms with Crippen molar-refractivity contribution in [2.45, 2.75) is 13.5 Å². The van der Waals surface area contributed by atoms with E-state index in [-0.39, 0.29) is 12.5 Å². The number of carbonyl (C=O) groups excluding carboxylic acids is 1. The van der Waals surface area contributed by atoms with Gasteiger partial charge in [-0.2, -0.15) is 0 Å². The van der Waals surface area contributed by atoms with Crippen molar-refractivity contribution in [1.29, 1.82) is 0 Å². The van der Waals surface area contributed by atoms with Crippen molar-refractivity contribution in [3.63, 3.8) is 0 Å². The number of hydroxylamine groups is 2. The van der Waals surface area contributed by atoms with E-state index < -0.39 is 0 Å². The highest BCUT2D eigenvalue weighted by molar-refractivity contribution is 9.10. The molecule has 0 aliphatic heterocycles. The lowest BCUT2D eigenvalue weighted by molar-refractivity contribution is -0.165. The van der Waals surface area contributed by atoms with Gasteiger partial charge >= 0.3 is 0 Å². The van der Waals surface area contributed by atoms with E-state index in [0.717, 1.165) is 10.0 Å². The van der Waals surface area contributed by atoms with Crippen molar-refractivity contribution in [2.24, 2.45) is 0 Å². The van der Waals surface area contributed by atoms with Gasteiger partial charge in [0.05, 0.1) is 6.54 Å². The Morgan fingerprint density at radius 3 is 2.85 bits per heavy atom. The third-order valence-electron chi connectivity index (χ3n) is 1.58. The van der Waals surface area contributed by atoms with E-state index in [1.165, 1.54) is 6.92 Å². The van der Waals surface area contributed by atoms with Gasteiger partial charge in [0.1, 0.15) is 0 Å². The van der Waals surface area contributed by atoms with Crippen LogP contribution in [-0.2, 0) is 11.3 Å². The molecule has 0 aliphatic rings. The Morgan fingerprint density at radius 1 is 1.62 bits per heavy atom. The SMILES string of the molecule is CC(=O)N(O)Cc1cccc(Br)c1. The van der Waals surface area contributed by atoms with E-state index in [4.69, 9.17) is 5.21 Å². The summed E-state index contributed by atoms with van der Waals surface area (Å²) in [7, 11) is 0. The molecule has 0 unspecified atom stereocenters. The lowest BCUT2D eigenvalue weighted by atomic mass is 10.2. The number of nitrogens with zero attached hydrogens (tertiary/aromatic N) is 1. The molecule has 3 nitrogen and oxygen atoms in total. The molecule has 0 fully saturated rings. The number of rotatable bonds is 2. The summed E-state index contributed by atoms with van der Waals surface area (Å²) in [6.45, 7) is 1.53. The Labute approximate surface area is 85.1 Å². The second kappa shape index (κ2) is 4.39. The van der Waals surface area contributed by atoms with Crippen LogP contribution in [0.5, 0.6) is 0 Å². The largest absolute Gasteiger partial charge is 0.286 e. The van der Waals surface area contributed by atoms with Gasteiger partial charge in [-0.25, -0.2) is 5.06 Å². The monoisotopic (exact) mass is 243 g/mol. The van der Waals surface area contributed by atoms with Crippen LogP contribution >= 0.6 is 15.9 Å². The highest BCUT2D eigenvalue weighted by atomic mass is 79.9. The standard InChI is InChI=1S/C9H10BrNO2/c1-7(12)11(13)6-8-3-2-4-9(10)5-8/h2-5,13H,6H2,1H3. The number of carbonyl (C=O) groups is 1. The van der Waals surface area contributed by atoms with Crippen LogP contribution in [0.1, 0.15) is 12.5 Å². The van der Waals surface area contributed by atoms with Crippen molar-refractivity contribution in [3.8, 4) is 0 Å². The molecule has 1 aromatic rings. The first-order valence-electron chi connectivity index (χ1n) is 3.81. The average Bonchev–Trinajstić information content (AvgIpc) is 2.04. The van der Waals surface area contributed by atoms with Crippen LogP contribution in [0.3, 0.4) is 0 Å². The van der Waals surface area contributed by atoms with E-state index in [9.17, 15) is 4.79 Å². The smallest absolute Gasteiger partial charge is 0.243 e. The highest BCUT2D eigenvalue weighted by Crippen LogP contribution is 2.12. The minimum atomic E-state index is -0.361. The molecule has 1 amide bonds. The fourth-order valence-electron chi connectivity index (χ4n) is 0.920. The van der Waals surface area contributed by atoms with Crippen molar-refractivity contribution in [1.82, 2.24) is 5.06 Å². The topological polar surface area (TPSA) is 40.5 Å². The third-order valence-corrected chi connectivity index (χ3v) is 2.08. The fourth-order valence-corrected chi connectivity index (χ4v) is 1.37. The Kier molecular flexibility index (Phi) is 3.45. The van der Waals surface area contributed by atoms with Gasteiger partial charge in [-0.15, -0.1) is 0 Å². The van der Waals surface area contributed by atoms with Crippen LogP contribution in [0.2, 0.25) is 0 Å². The van der Waals surface area contributed by atoms with Crippen LogP contribution in [0.4, 0.5) is 0 Å². The van der Waals surface area contributed by atoms with Crippen LogP contribution in [0.15, 0.2) is 28.7 Å². The molecule has 70 valence electrons. The Hall–Kier alpha value is -0.870. The van der Waals surface area contributed by atoms with Crippen LogP contribution in [0, 0.1) is 0 Å². The summed E-state index contributed by atoms with van der Waals surface area (Å²) in [5, 5.41) is 9.82. The first-order chi connectivity index (χ1) is 6.09. The molecule has 0 saturated carbocycles. The van der Waals surface area contributed by atoms with Crippen LogP contribution in [-0.4, -0.2) is 16.2 Å². The van der Waals surface area contributed by atoms with E-state index in [2.05, 4.69) is 15.9 Å². The first kappa shape index (κ1) is 10.2. The lowest BCUT2D eigenvalue weighted by Crippen LogP contribution is -2.23. The maximum atomic E-state index is 10.7. The molecular weight excluding hydrogens is 234 g/mol. The van der Waals surface area contributed by atoms with Gasteiger partial charge in [-0.3, -0.25) is 10.0 Å². The third kappa shape index (κ3) is 3.16. The molecular formula is C9H10BrNO2. The lowest BCUT2D eigenvalue weighted by Gasteiger charge is -2.12. The molecule has 0 aliphatic carbocycles. The quantitative estimate of drug-likeness (QED) is 0.639. The van der Waals surface area contributed by atoms with Gasteiger partial charge in [0.15, 0.2) is 0 Å². The summed E-state index contributed by atoms with van der Waals surface area (Å²) in [5.74, 6) is -0.361. The molecule has 0 saturated heterocycles. The molecule has 0 aromatic heterocycles. The highest BCUT2D eigenvalue weighted by Gasteiger charge is 2.04. The zero-order chi connectivity index (χ0) is 9.84. The van der Waals surface area contributed by atoms with E-state index in [1.54, 1.807) is 0 Å². The predicted molar refractivity (Wildman–Crippen MR) is 52.2 cm³/mol. The zero-order valence-electron chi connectivity index (χ0n) is 7.20. The van der Waals surface area contributed by atoms with E-state index >= 15 is 0 Å². The number of benzene rings is 1. The van der Waals surface area contributed by atoms with Crippen molar-refractivity contribution >= 4 is 21.8 Å². The van der Waals surface area contributed by atoms with Gasteiger partial charge in [0.2, 0.25) is 5.91 Å². The molecule has 0 radical (unpaired) electrons. The summed E-state index contributed by atoms with van der Waals surface area (Å²) in [5.41, 5.74) is 0.882. The van der Waals surface area contributed by atoms with Crippen molar-refractivity contribution in [2.75, 3.05) is 0 Å². The normalized spacial score (nSPS) is 9.77. The summed E-state index contributed by atoms with van der Waals surface area (Å²) in [6.07, 6.45) is 0. The number of amides is 1. The fraction of sp³-hybridized carbons (Fsp3) is 0.222. The summed E-state index contributed by atoms with van der Waals surface area (Å²) in [6, 6.07) is 7.44. The molecule has 0 atom stereocenters. The second-order valence-corrected chi connectivity index (χ2v) is 3.62. The summed E-state index contributed by atoms with van der Waals surface area (Å²) in [4.78, 5) is 10.7. The molecule has 1 rings (SSSR count). The average molecular weight is 244 g/mol. The van der Waals surface area contributed by atoms with Gasteiger partial charge in [0.25, 0.3) is 0 Å². The van der Waals surface area contributed by atoms with Crippen molar-refractivity contribution < 1.29 is 10.0 Å². The Balaban J connectivity index is 2.69. The predicted octanol–water partition coefficient (Wildman–Crippen LogP) is 2.19. The first-order valence-corrected chi connectivity index (χ1v) is 4.60. The second-order valence-electron chi connectivity index (χ2n) is 2.71.